The topological polar surface area (TPSA) is 80.0 Å². The molecule has 2 unspecified atom stereocenters. The van der Waals surface area contributed by atoms with E-state index in [0.717, 1.165) is 38.2 Å². The first kappa shape index (κ1) is 16.4. The van der Waals surface area contributed by atoms with E-state index < -0.39 is 0 Å². The monoisotopic (exact) mass is 320 g/mol. The van der Waals surface area contributed by atoms with Gasteiger partial charge in [-0.15, -0.1) is 0 Å². The van der Waals surface area contributed by atoms with Crippen LogP contribution in [-0.4, -0.2) is 29.1 Å². The van der Waals surface area contributed by atoms with Crippen molar-refractivity contribution < 1.29 is 9.32 Å². The molecule has 2 aliphatic rings. The molecule has 0 aromatic carbocycles. The molecule has 1 saturated carbocycles. The number of amides is 1. The molecule has 6 heteroatoms. The standard InChI is InChI=1S/C17H28N4O2/c1-12(19-15(22)8-7-13-9-10-18-11-13)17-20-16(21-23-17)14-5-3-2-4-6-14/h12-14,18H,2-11H2,1H3,(H,19,22). The molecule has 2 heterocycles. The Morgan fingerprint density at radius 2 is 2.17 bits per heavy atom. The molecule has 1 aliphatic heterocycles. The molecular formula is C17H28N4O2. The van der Waals surface area contributed by atoms with Gasteiger partial charge in [0.1, 0.15) is 6.04 Å². The Bertz CT molecular complexity index is 504. The third-order valence-corrected chi connectivity index (χ3v) is 5.12. The minimum absolute atomic E-state index is 0.0711. The molecule has 6 nitrogen and oxygen atoms in total. The maximum absolute atomic E-state index is 12.1. The van der Waals surface area contributed by atoms with E-state index in [4.69, 9.17) is 4.52 Å². The molecule has 0 bridgehead atoms. The SMILES string of the molecule is CC(NC(=O)CCC1CCNC1)c1nc(C2CCCCC2)no1. The fourth-order valence-electron chi connectivity index (χ4n) is 3.62. The van der Waals surface area contributed by atoms with Crippen molar-refractivity contribution in [2.45, 2.75) is 70.3 Å². The Morgan fingerprint density at radius 1 is 1.35 bits per heavy atom. The third-order valence-electron chi connectivity index (χ3n) is 5.12. The van der Waals surface area contributed by atoms with E-state index in [9.17, 15) is 4.79 Å². The molecular weight excluding hydrogens is 292 g/mol. The van der Waals surface area contributed by atoms with Crippen molar-refractivity contribution in [1.82, 2.24) is 20.8 Å². The highest BCUT2D eigenvalue weighted by Crippen LogP contribution is 2.31. The maximum atomic E-state index is 12.1. The molecule has 0 radical (unpaired) electrons. The molecule has 1 aromatic heterocycles. The second kappa shape index (κ2) is 7.90. The van der Waals surface area contributed by atoms with Gasteiger partial charge in [0, 0.05) is 12.3 Å². The predicted octanol–water partition coefficient (Wildman–Crippen LogP) is 2.68. The summed E-state index contributed by atoms with van der Waals surface area (Å²) in [6, 6.07) is -0.214. The second-order valence-corrected chi connectivity index (χ2v) is 7.01. The quantitative estimate of drug-likeness (QED) is 0.842. The second-order valence-electron chi connectivity index (χ2n) is 7.01. The summed E-state index contributed by atoms with van der Waals surface area (Å²) in [5.74, 6) is 2.48. The van der Waals surface area contributed by atoms with Gasteiger partial charge in [-0.25, -0.2) is 0 Å². The van der Waals surface area contributed by atoms with Crippen molar-refractivity contribution in [2.75, 3.05) is 13.1 Å². The lowest BCUT2D eigenvalue weighted by atomic mass is 9.89. The van der Waals surface area contributed by atoms with Crippen molar-refractivity contribution in [2.24, 2.45) is 5.92 Å². The van der Waals surface area contributed by atoms with Gasteiger partial charge in [0.05, 0.1) is 0 Å². The highest BCUT2D eigenvalue weighted by Gasteiger charge is 2.23. The van der Waals surface area contributed by atoms with Gasteiger partial charge in [0.2, 0.25) is 11.8 Å². The van der Waals surface area contributed by atoms with Gasteiger partial charge in [-0.3, -0.25) is 4.79 Å². The number of carbonyl (C=O) groups is 1. The first-order chi connectivity index (χ1) is 11.2. The van der Waals surface area contributed by atoms with Crippen LogP contribution < -0.4 is 10.6 Å². The van der Waals surface area contributed by atoms with Crippen molar-refractivity contribution in [3.05, 3.63) is 11.7 Å². The molecule has 1 aromatic rings. The summed E-state index contributed by atoms with van der Waals surface area (Å²) >= 11 is 0. The number of hydrogen-bond donors (Lipinski definition) is 2. The van der Waals surface area contributed by atoms with Gasteiger partial charge >= 0.3 is 0 Å². The van der Waals surface area contributed by atoms with Gasteiger partial charge in [0.25, 0.3) is 0 Å². The number of nitrogens with zero attached hydrogens (tertiary/aromatic N) is 2. The number of nitrogens with one attached hydrogen (secondary N) is 2. The minimum atomic E-state index is -0.214. The highest BCUT2D eigenvalue weighted by molar-refractivity contribution is 5.76. The zero-order chi connectivity index (χ0) is 16.1. The van der Waals surface area contributed by atoms with Gasteiger partial charge < -0.3 is 15.2 Å². The van der Waals surface area contributed by atoms with Crippen LogP contribution in [0.5, 0.6) is 0 Å². The largest absolute Gasteiger partial charge is 0.345 e. The summed E-state index contributed by atoms with van der Waals surface area (Å²) in [5.41, 5.74) is 0. The van der Waals surface area contributed by atoms with E-state index >= 15 is 0 Å². The van der Waals surface area contributed by atoms with Crippen LogP contribution in [0.4, 0.5) is 0 Å². The van der Waals surface area contributed by atoms with Crippen LogP contribution in [0.25, 0.3) is 0 Å². The van der Waals surface area contributed by atoms with Crippen LogP contribution in [0, 0.1) is 5.92 Å². The molecule has 23 heavy (non-hydrogen) atoms. The molecule has 1 amide bonds. The Hall–Kier alpha value is -1.43. The lowest BCUT2D eigenvalue weighted by Crippen LogP contribution is -2.27. The number of rotatable bonds is 6. The van der Waals surface area contributed by atoms with E-state index in [0.29, 0.717) is 24.1 Å². The Labute approximate surface area is 137 Å². The third kappa shape index (κ3) is 4.53. The first-order valence-electron chi connectivity index (χ1n) is 9.06. The molecule has 2 fully saturated rings. The number of carbonyl (C=O) groups excluding carboxylic acids is 1. The lowest BCUT2D eigenvalue weighted by molar-refractivity contribution is -0.122. The highest BCUT2D eigenvalue weighted by atomic mass is 16.5. The Kier molecular flexibility index (Phi) is 5.65. The summed E-state index contributed by atoms with van der Waals surface area (Å²) in [5, 5.41) is 10.4. The van der Waals surface area contributed by atoms with Crippen LogP contribution in [0.3, 0.4) is 0 Å². The van der Waals surface area contributed by atoms with E-state index in [2.05, 4.69) is 20.8 Å². The predicted molar refractivity (Wildman–Crippen MR) is 86.9 cm³/mol. The summed E-state index contributed by atoms with van der Waals surface area (Å²) in [7, 11) is 0. The summed E-state index contributed by atoms with van der Waals surface area (Å²) in [4.78, 5) is 16.6. The van der Waals surface area contributed by atoms with Crippen LogP contribution >= 0.6 is 0 Å². The molecule has 0 spiro atoms. The van der Waals surface area contributed by atoms with E-state index in [-0.39, 0.29) is 11.9 Å². The van der Waals surface area contributed by atoms with Crippen LogP contribution in [0.15, 0.2) is 4.52 Å². The van der Waals surface area contributed by atoms with E-state index in [1.165, 1.54) is 25.7 Å². The van der Waals surface area contributed by atoms with Crippen LogP contribution in [-0.2, 0) is 4.79 Å². The Balaban J connectivity index is 1.46. The van der Waals surface area contributed by atoms with Crippen LogP contribution in [0.2, 0.25) is 0 Å². The molecule has 2 atom stereocenters. The minimum Gasteiger partial charge on any atom is -0.345 e. The van der Waals surface area contributed by atoms with Crippen LogP contribution in [0.1, 0.15) is 82.0 Å². The van der Waals surface area contributed by atoms with Crippen molar-refractivity contribution in [3.63, 3.8) is 0 Å². The van der Waals surface area contributed by atoms with E-state index in [1.54, 1.807) is 0 Å². The molecule has 2 N–H and O–H groups in total. The zero-order valence-electron chi connectivity index (χ0n) is 14.0. The van der Waals surface area contributed by atoms with Crippen molar-refractivity contribution in [1.29, 1.82) is 0 Å². The zero-order valence-corrected chi connectivity index (χ0v) is 14.0. The van der Waals surface area contributed by atoms with Crippen molar-refractivity contribution in [3.8, 4) is 0 Å². The number of hydrogen-bond acceptors (Lipinski definition) is 5. The van der Waals surface area contributed by atoms with Gasteiger partial charge in [-0.2, -0.15) is 4.98 Å². The van der Waals surface area contributed by atoms with Gasteiger partial charge in [-0.05, 0) is 51.6 Å². The average molecular weight is 320 g/mol. The first-order valence-corrected chi connectivity index (χ1v) is 9.06. The summed E-state index contributed by atoms with van der Waals surface area (Å²) in [6.45, 7) is 4.03. The fourth-order valence-corrected chi connectivity index (χ4v) is 3.62. The smallest absolute Gasteiger partial charge is 0.248 e. The average Bonchev–Trinajstić information content (AvgIpc) is 3.25. The lowest BCUT2D eigenvalue weighted by Gasteiger charge is -2.17. The van der Waals surface area contributed by atoms with Gasteiger partial charge in [0.15, 0.2) is 5.82 Å². The van der Waals surface area contributed by atoms with Crippen molar-refractivity contribution >= 4 is 5.91 Å². The molecule has 3 rings (SSSR count). The normalized spacial score (nSPS) is 23.8. The summed E-state index contributed by atoms with van der Waals surface area (Å²) in [6.07, 6.45) is 8.79. The van der Waals surface area contributed by atoms with E-state index in [1.807, 2.05) is 6.92 Å². The maximum Gasteiger partial charge on any atom is 0.248 e. The molecule has 128 valence electrons. The molecule has 1 aliphatic carbocycles. The fraction of sp³-hybridized carbons (Fsp3) is 0.824. The number of aromatic nitrogens is 2. The summed E-state index contributed by atoms with van der Waals surface area (Å²) < 4.78 is 5.37. The molecule has 1 saturated heterocycles. The van der Waals surface area contributed by atoms with Gasteiger partial charge in [-0.1, -0.05) is 24.4 Å². The Morgan fingerprint density at radius 3 is 2.91 bits per heavy atom.